The van der Waals surface area contributed by atoms with E-state index in [2.05, 4.69) is 0 Å². The van der Waals surface area contributed by atoms with Gasteiger partial charge in [0.1, 0.15) is 6.04 Å². The maximum atomic E-state index is 12.9. The average molecular weight is 333 g/mol. The number of nitrogens with two attached hydrogens (primary N) is 1. The molecule has 1 aromatic rings. The first kappa shape index (κ1) is 18.4. The molecule has 1 aliphatic heterocycles. The number of methoxy groups -OCH3 is 1. The van der Waals surface area contributed by atoms with Crippen LogP contribution >= 0.6 is 0 Å². The minimum Gasteiger partial charge on any atom is -0.383 e. The minimum atomic E-state index is -0.641. The Morgan fingerprint density at radius 3 is 2.21 bits per heavy atom. The van der Waals surface area contributed by atoms with E-state index in [4.69, 9.17) is 10.5 Å². The van der Waals surface area contributed by atoms with Crippen molar-refractivity contribution < 1.29 is 14.3 Å². The van der Waals surface area contributed by atoms with Crippen LogP contribution in [0.1, 0.15) is 19.4 Å². The molecule has 132 valence electrons. The lowest BCUT2D eigenvalue weighted by atomic mass is 9.83. The molecule has 0 spiro atoms. The first-order valence-electron chi connectivity index (χ1n) is 8.26. The summed E-state index contributed by atoms with van der Waals surface area (Å²) in [7, 11) is 1.52. The van der Waals surface area contributed by atoms with Gasteiger partial charge in [0.05, 0.1) is 12.0 Å². The van der Waals surface area contributed by atoms with Crippen molar-refractivity contribution in [1.29, 1.82) is 0 Å². The Balaban J connectivity index is 1.97. The summed E-state index contributed by atoms with van der Waals surface area (Å²) in [6.07, 6.45) is 0. The largest absolute Gasteiger partial charge is 0.383 e. The number of hydrogen-bond donors (Lipinski definition) is 1. The van der Waals surface area contributed by atoms with Crippen molar-refractivity contribution in [2.24, 2.45) is 5.73 Å². The highest BCUT2D eigenvalue weighted by atomic mass is 16.5. The summed E-state index contributed by atoms with van der Waals surface area (Å²) in [5.74, 6) is -0.0340. The van der Waals surface area contributed by atoms with Crippen LogP contribution in [-0.2, 0) is 19.7 Å². The molecule has 1 aliphatic rings. The fourth-order valence-electron chi connectivity index (χ4n) is 2.99. The molecule has 2 N–H and O–H groups in total. The van der Waals surface area contributed by atoms with Crippen molar-refractivity contribution >= 4 is 11.8 Å². The summed E-state index contributed by atoms with van der Waals surface area (Å²) >= 11 is 0. The maximum Gasteiger partial charge on any atom is 0.241 e. The monoisotopic (exact) mass is 333 g/mol. The van der Waals surface area contributed by atoms with Gasteiger partial charge in [-0.3, -0.25) is 9.59 Å². The van der Waals surface area contributed by atoms with Gasteiger partial charge in [-0.1, -0.05) is 30.3 Å². The van der Waals surface area contributed by atoms with E-state index in [1.54, 1.807) is 4.90 Å². The Kier molecular flexibility index (Phi) is 5.96. The number of rotatable bonds is 5. The Bertz CT molecular complexity index is 566. The van der Waals surface area contributed by atoms with E-state index in [9.17, 15) is 9.59 Å². The van der Waals surface area contributed by atoms with Crippen LogP contribution < -0.4 is 5.73 Å². The molecule has 1 aromatic carbocycles. The lowest BCUT2D eigenvalue weighted by Crippen LogP contribution is -2.57. The molecule has 2 amide bonds. The molecule has 1 fully saturated rings. The third-order valence-electron chi connectivity index (χ3n) is 4.57. The van der Waals surface area contributed by atoms with Gasteiger partial charge in [0, 0.05) is 33.3 Å². The molecular weight excluding hydrogens is 306 g/mol. The van der Waals surface area contributed by atoms with Gasteiger partial charge < -0.3 is 20.3 Å². The molecule has 0 bridgehead atoms. The van der Waals surface area contributed by atoms with Gasteiger partial charge in [0.2, 0.25) is 11.8 Å². The molecule has 1 heterocycles. The second-order valence-electron chi connectivity index (χ2n) is 6.67. The van der Waals surface area contributed by atoms with Crippen LogP contribution in [0.15, 0.2) is 30.3 Å². The first-order valence-corrected chi connectivity index (χ1v) is 8.26. The first-order chi connectivity index (χ1) is 11.4. The molecule has 0 saturated carbocycles. The van der Waals surface area contributed by atoms with Crippen molar-refractivity contribution in [3.8, 4) is 0 Å². The Hall–Kier alpha value is -1.92. The van der Waals surface area contributed by atoms with Crippen LogP contribution in [0.5, 0.6) is 0 Å². The summed E-state index contributed by atoms with van der Waals surface area (Å²) < 4.78 is 4.93. The predicted molar refractivity (Wildman–Crippen MR) is 92.5 cm³/mol. The summed E-state index contributed by atoms with van der Waals surface area (Å²) in [6.45, 7) is 6.16. The van der Waals surface area contributed by atoms with Gasteiger partial charge in [-0.15, -0.1) is 0 Å². The zero-order valence-corrected chi connectivity index (χ0v) is 14.7. The molecule has 24 heavy (non-hydrogen) atoms. The van der Waals surface area contributed by atoms with Crippen LogP contribution in [-0.4, -0.2) is 67.6 Å². The summed E-state index contributed by atoms with van der Waals surface area (Å²) in [4.78, 5) is 28.7. The zero-order chi connectivity index (χ0) is 17.7. The molecule has 0 radical (unpaired) electrons. The molecule has 1 atom stereocenters. The van der Waals surface area contributed by atoms with Crippen molar-refractivity contribution in [3.05, 3.63) is 35.9 Å². The lowest BCUT2D eigenvalue weighted by molar-refractivity contribution is -0.143. The number of nitrogens with zero attached hydrogens (tertiary/aromatic N) is 2. The van der Waals surface area contributed by atoms with Crippen LogP contribution in [0.2, 0.25) is 0 Å². The van der Waals surface area contributed by atoms with E-state index < -0.39 is 11.5 Å². The van der Waals surface area contributed by atoms with Crippen molar-refractivity contribution in [2.75, 3.05) is 39.9 Å². The zero-order valence-electron chi connectivity index (χ0n) is 14.7. The highest BCUT2D eigenvalue weighted by Crippen LogP contribution is 2.26. The van der Waals surface area contributed by atoms with Crippen LogP contribution in [0.4, 0.5) is 0 Å². The van der Waals surface area contributed by atoms with E-state index >= 15 is 0 Å². The summed E-state index contributed by atoms with van der Waals surface area (Å²) in [5, 5.41) is 0. The normalized spacial score (nSPS) is 16.8. The molecule has 2 rings (SSSR count). The quantitative estimate of drug-likeness (QED) is 0.856. The standard InChI is InChI=1S/C18H27N3O3/c1-18(2,14-7-5-4-6-8-14)17(23)21-11-9-20(10-12-21)16(22)15(19)13-24-3/h4-8,15H,9-13,19H2,1-3H3. The van der Waals surface area contributed by atoms with E-state index in [1.165, 1.54) is 7.11 Å². The number of ether oxygens (including phenoxy) is 1. The van der Waals surface area contributed by atoms with E-state index in [1.807, 2.05) is 49.1 Å². The van der Waals surface area contributed by atoms with Gasteiger partial charge in [-0.05, 0) is 19.4 Å². The van der Waals surface area contributed by atoms with Gasteiger partial charge in [-0.25, -0.2) is 0 Å². The van der Waals surface area contributed by atoms with Crippen molar-refractivity contribution in [2.45, 2.75) is 25.3 Å². The number of amides is 2. The molecule has 6 heteroatoms. The van der Waals surface area contributed by atoms with Crippen molar-refractivity contribution in [1.82, 2.24) is 9.80 Å². The minimum absolute atomic E-state index is 0.0852. The number of carbonyl (C=O) groups excluding carboxylic acids is 2. The molecule has 0 aromatic heterocycles. The van der Waals surface area contributed by atoms with Crippen LogP contribution in [0.25, 0.3) is 0 Å². The smallest absolute Gasteiger partial charge is 0.241 e. The molecule has 1 unspecified atom stereocenters. The Morgan fingerprint density at radius 2 is 1.67 bits per heavy atom. The number of carbonyl (C=O) groups is 2. The Labute approximate surface area is 143 Å². The summed E-state index contributed by atoms with van der Waals surface area (Å²) in [6, 6.07) is 9.13. The second kappa shape index (κ2) is 7.77. The fourth-order valence-corrected chi connectivity index (χ4v) is 2.99. The number of piperazine rings is 1. The van der Waals surface area contributed by atoms with E-state index in [0.29, 0.717) is 26.2 Å². The number of benzene rings is 1. The molecule has 1 saturated heterocycles. The van der Waals surface area contributed by atoms with Gasteiger partial charge in [-0.2, -0.15) is 0 Å². The van der Waals surface area contributed by atoms with E-state index in [0.717, 1.165) is 5.56 Å². The molecule has 6 nitrogen and oxygen atoms in total. The SMILES string of the molecule is COCC(N)C(=O)N1CCN(C(=O)C(C)(C)c2ccccc2)CC1. The van der Waals surface area contributed by atoms with Crippen LogP contribution in [0, 0.1) is 0 Å². The van der Waals surface area contributed by atoms with Gasteiger partial charge >= 0.3 is 0 Å². The molecule has 0 aliphatic carbocycles. The maximum absolute atomic E-state index is 12.9. The fraction of sp³-hybridized carbons (Fsp3) is 0.556. The third kappa shape index (κ3) is 3.94. The lowest BCUT2D eigenvalue weighted by Gasteiger charge is -2.39. The van der Waals surface area contributed by atoms with Crippen LogP contribution in [0.3, 0.4) is 0 Å². The summed E-state index contributed by atoms with van der Waals surface area (Å²) in [5.41, 5.74) is 6.21. The van der Waals surface area contributed by atoms with Gasteiger partial charge in [0.25, 0.3) is 0 Å². The topological polar surface area (TPSA) is 75.9 Å². The van der Waals surface area contributed by atoms with Gasteiger partial charge in [0.15, 0.2) is 0 Å². The number of hydrogen-bond acceptors (Lipinski definition) is 4. The molecular formula is C18H27N3O3. The highest BCUT2D eigenvalue weighted by molar-refractivity contribution is 5.88. The highest BCUT2D eigenvalue weighted by Gasteiger charge is 2.36. The van der Waals surface area contributed by atoms with E-state index in [-0.39, 0.29) is 18.4 Å². The average Bonchev–Trinajstić information content (AvgIpc) is 2.61. The Morgan fingerprint density at radius 1 is 1.12 bits per heavy atom. The van der Waals surface area contributed by atoms with Crippen molar-refractivity contribution in [3.63, 3.8) is 0 Å². The predicted octanol–water partition coefficient (Wildman–Crippen LogP) is 0.609. The second-order valence-corrected chi connectivity index (χ2v) is 6.67. The third-order valence-corrected chi connectivity index (χ3v) is 4.57.